The SMILES string of the molecule is O=C(O)/C(=C\c1ccccc1)c1ccc(OC(F)(F)F)cc1[N+](=O)[O-]. The molecule has 0 aromatic heterocycles. The minimum absolute atomic E-state index is 0.337. The summed E-state index contributed by atoms with van der Waals surface area (Å²) in [6.45, 7) is 0. The molecule has 0 aliphatic rings. The molecule has 0 unspecified atom stereocenters. The summed E-state index contributed by atoms with van der Waals surface area (Å²) in [6, 6.07) is 10.4. The van der Waals surface area contributed by atoms with Gasteiger partial charge in [0.25, 0.3) is 5.69 Å². The number of nitrogens with zero attached hydrogens (tertiary/aromatic N) is 1. The Balaban J connectivity index is 2.56. The number of hydrogen-bond donors (Lipinski definition) is 1. The molecule has 0 bridgehead atoms. The molecule has 2 aromatic carbocycles. The van der Waals surface area contributed by atoms with E-state index in [0.717, 1.165) is 12.1 Å². The fourth-order valence-corrected chi connectivity index (χ4v) is 2.06. The van der Waals surface area contributed by atoms with Gasteiger partial charge in [0.15, 0.2) is 0 Å². The highest BCUT2D eigenvalue weighted by atomic mass is 19.4. The maximum Gasteiger partial charge on any atom is 0.573 e. The third-order valence-electron chi connectivity index (χ3n) is 3.03. The molecule has 0 radical (unpaired) electrons. The first kappa shape index (κ1) is 18.0. The quantitative estimate of drug-likeness (QED) is 0.378. The summed E-state index contributed by atoms with van der Waals surface area (Å²) in [5.41, 5.74) is -1.12. The van der Waals surface area contributed by atoms with Crippen molar-refractivity contribution in [2.75, 3.05) is 0 Å². The van der Waals surface area contributed by atoms with Crippen LogP contribution in [0.15, 0.2) is 48.5 Å². The Morgan fingerprint density at radius 2 is 1.80 bits per heavy atom. The number of benzene rings is 2. The van der Waals surface area contributed by atoms with Gasteiger partial charge >= 0.3 is 12.3 Å². The molecule has 0 atom stereocenters. The van der Waals surface area contributed by atoms with Gasteiger partial charge in [0.2, 0.25) is 0 Å². The number of rotatable bonds is 5. The van der Waals surface area contributed by atoms with Crippen LogP contribution in [-0.4, -0.2) is 22.4 Å². The summed E-state index contributed by atoms with van der Waals surface area (Å²) in [4.78, 5) is 21.7. The Morgan fingerprint density at radius 1 is 1.16 bits per heavy atom. The number of alkyl halides is 3. The van der Waals surface area contributed by atoms with Crippen LogP contribution in [0.3, 0.4) is 0 Å². The highest BCUT2D eigenvalue weighted by molar-refractivity contribution is 6.21. The summed E-state index contributed by atoms with van der Waals surface area (Å²) in [7, 11) is 0. The van der Waals surface area contributed by atoms with Crippen molar-refractivity contribution in [3.63, 3.8) is 0 Å². The van der Waals surface area contributed by atoms with E-state index in [2.05, 4.69) is 4.74 Å². The second-order valence-corrected chi connectivity index (χ2v) is 4.76. The lowest BCUT2D eigenvalue weighted by Gasteiger charge is -2.10. The Kier molecular flexibility index (Phi) is 5.06. The average molecular weight is 353 g/mol. The van der Waals surface area contributed by atoms with Crippen LogP contribution < -0.4 is 4.74 Å². The van der Waals surface area contributed by atoms with Crippen molar-refractivity contribution in [1.29, 1.82) is 0 Å². The number of aliphatic carboxylic acids is 1. The molecule has 0 amide bonds. The minimum atomic E-state index is -5.02. The summed E-state index contributed by atoms with van der Waals surface area (Å²) < 4.78 is 40.4. The largest absolute Gasteiger partial charge is 0.573 e. The second kappa shape index (κ2) is 7.04. The number of carboxylic acids is 1. The maximum atomic E-state index is 12.3. The minimum Gasteiger partial charge on any atom is -0.478 e. The number of halogens is 3. The van der Waals surface area contributed by atoms with Crippen molar-refractivity contribution in [1.82, 2.24) is 0 Å². The molecular weight excluding hydrogens is 343 g/mol. The number of carbonyl (C=O) groups is 1. The third kappa shape index (κ3) is 4.80. The molecule has 0 aliphatic carbocycles. The molecule has 0 spiro atoms. The smallest absolute Gasteiger partial charge is 0.478 e. The molecular formula is C16H10F3NO5. The highest BCUT2D eigenvalue weighted by Gasteiger charge is 2.32. The van der Waals surface area contributed by atoms with E-state index >= 15 is 0 Å². The average Bonchev–Trinajstić information content (AvgIpc) is 2.52. The van der Waals surface area contributed by atoms with Gasteiger partial charge in [-0.05, 0) is 23.8 Å². The van der Waals surface area contributed by atoms with Crippen LogP contribution in [0, 0.1) is 10.1 Å². The maximum absolute atomic E-state index is 12.3. The van der Waals surface area contributed by atoms with Crippen LogP contribution in [0.1, 0.15) is 11.1 Å². The van der Waals surface area contributed by atoms with E-state index in [1.54, 1.807) is 30.3 Å². The highest BCUT2D eigenvalue weighted by Crippen LogP contribution is 2.33. The van der Waals surface area contributed by atoms with E-state index in [1.165, 1.54) is 6.08 Å². The number of ether oxygens (including phenoxy) is 1. The normalized spacial score (nSPS) is 11.9. The van der Waals surface area contributed by atoms with Gasteiger partial charge in [-0.2, -0.15) is 0 Å². The molecule has 1 N–H and O–H groups in total. The van der Waals surface area contributed by atoms with E-state index in [1.807, 2.05) is 0 Å². The van der Waals surface area contributed by atoms with Crippen molar-refractivity contribution < 1.29 is 32.7 Å². The number of nitro benzene ring substituents is 1. The first-order chi connectivity index (χ1) is 11.7. The van der Waals surface area contributed by atoms with Gasteiger partial charge in [0, 0.05) is 0 Å². The molecule has 0 fully saturated rings. The summed E-state index contributed by atoms with van der Waals surface area (Å²) in [5, 5.41) is 20.5. The van der Waals surface area contributed by atoms with Crippen LogP contribution >= 0.6 is 0 Å². The summed E-state index contributed by atoms with van der Waals surface area (Å²) in [5.74, 6) is -2.27. The predicted molar refractivity (Wildman–Crippen MR) is 81.7 cm³/mol. The van der Waals surface area contributed by atoms with Crippen molar-refractivity contribution in [3.05, 3.63) is 69.8 Å². The zero-order chi connectivity index (χ0) is 18.6. The summed E-state index contributed by atoms with van der Waals surface area (Å²) >= 11 is 0. The van der Waals surface area contributed by atoms with Gasteiger partial charge in [0.1, 0.15) is 5.75 Å². The van der Waals surface area contributed by atoms with E-state index in [0.29, 0.717) is 11.6 Å². The number of hydrogen-bond acceptors (Lipinski definition) is 4. The Labute approximate surface area is 138 Å². The Hall–Kier alpha value is -3.36. The van der Waals surface area contributed by atoms with Gasteiger partial charge in [-0.15, -0.1) is 13.2 Å². The van der Waals surface area contributed by atoms with Crippen molar-refractivity contribution >= 4 is 23.3 Å². The van der Waals surface area contributed by atoms with E-state index in [4.69, 9.17) is 0 Å². The topological polar surface area (TPSA) is 89.7 Å². The standard InChI is InChI=1S/C16H10F3NO5/c17-16(18,19)25-11-6-7-12(14(9-11)20(23)24)13(15(21)22)8-10-4-2-1-3-5-10/h1-9H,(H,21,22)/b13-8-. The van der Waals surface area contributed by atoms with Crippen LogP contribution in [0.5, 0.6) is 5.75 Å². The third-order valence-corrected chi connectivity index (χ3v) is 3.03. The summed E-state index contributed by atoms with van der Waals surface area (Å²) in [6.07, 6.45) is -3.83. The van der Waals surface area contributed by atoms with E-state index in [-0.39, 0.29) is 5.56 Å². The van der Waals surface area contributed by atoms with Crippen LogP contribution in [0.4, 0.5) is 18.9 Å². The molecule has 130 valence electrons. The first-order valence-corrected chi connectivity index (χ1v) is 6.72. The van der Waals surface area contributed by atoms with Gasteiger partial charge < -0.3 is 9.84 Å². The number of nitro groups is 1. The fourth-order valence-electron chi connectivity index (χ4n) is 2.06. The molecule has 0 heterocycles. The van der Waals surface area contributed by atoms with E-state index < -0.39 is 34.3 Å². The van der Waals surface area contributed by atoms with Gasteiger partial charge in [-0.25, -0.2) is 4.79 Å². The molecule has 0 saturated heterocycles. The van der Waals surface area contributed by atoms with Gasteiger partial charge in [0.05, 0.1) is 22.1 Å². The van der Waals surface area contributed by atoms with Crippen LogP contribution in [0.25, 0.3) is 11.6 Å². The lowest BCUT2D eigenvalue weighted by molar-refractivity contribution is -0.385. The molecule has 0 saturated carbocycles. The van der Waals surface area contributed by atoms with Crippen LogP contribution in [-0.2, 0) is 4.79 Å². The first-order valence-electron chi connectivity index (χ1n) is 6.72. The second-order valence-electron chi connectivity index (χ2n) is 4.76. The van der Waals surface area contributed by atoms with Crippen molar-refractivity contribution in [3.8, 4) is 5.75 Å². The van der Waals surface area contributed by atoms with Gasteiger partial charge in [-0.3, -0.25) is 10.1 Å². The Morgan fingerprint density at radius 3 is 2.32 bits per heavy atom. The molecule has 2 rings (SSSR count). The lowest BCUT2D eigenvalue weighted by atomic mass is 10.0. The van der Waals surface area contributed by atoms with Crippen molar-refractivity contribution in [2.24, 2.45) is 0 Å². The van der Waals surface area contributed by atoms with E-state index in [9.17, 15) is 33.2 Å². The predicted octanol–water partition coefficient (Wildman–Crippen LogP) is 4.12. The zero-order valence-electron chi connectivity index (χ0n) is 12.4. The fraction of sp³-hybridized carbons (Fsp3) is 0.0625. The molecule has 0 aliphatic heterocycles. The number of carboxylic acid groups (broad SMARTS) is 1. The lowest BCUT2D eigenvalue weighted by Crippen LogP contribution is -2.17. The monoisotopic (exact) mass is 353 g/mol. The zero-order valence-corrected chi connectivity index (χ0v) is 12.4. The Bertz CT molecular complexity index is 831. The molecule has 9 heteroatoms. The molecule has 2 aromatic rings. The van der Waals surface area contributed by atoms with Crippen LogP contribution in [0.2, 0.25) is 0 Å². The van der Waals surface area contributed by atoms with Gasteiger partial charge in [-0.1, -0.05) is 30.3 Å². The molecule has 25 heavy (non-hydrogen) atoms. The molecule has 6 nitrogen and oxygen atoms in total. The van der Waals surface area contributed by atoms with Crippen molar-refractivity contribution in [2.45, 2.75) is 6.36 Å².